The molecule has 0 radical (unpaired) electrons. The maximum Gasteiger partial charge on any atom is 0.242 e. The average Bonchev–Trinajstić information content (AvgIpc) is 2.99. The summed E-state index contributed by atoms with van der Waals surface area (Å²) in [5.41, 5.74) is 0.990. The van der Waals surface area contributed by atoms with E-state index < -0.39 is 0 Å². The zero-order valence-corrected chi connectivity index (χ0v) is 16.1. The topological polar surface area (TPSA) is 61.4 Å². The number of nitrogens with zero attached hydrogens (tertiary/aromatic N) is 1. The molecule has 2 bridgehead atoms. The molecule has 2 aromatic rings. The van der Waals surface area contributed by atoms with Crippen LogP contribution in [0.2, 0.25) is 0 Å². The molecule has 4 rings (SSSR count). The molecular formula is C21H26ClN3O2. The summed E-state index contributed by atoms with van der Waals surface area (Å²) in [7, 11) is 0. The smallest absolute Gasteiger partial charge is 0.242 e. The zero-order valence-electron chi connectivity index (χ0n) is 15.3. The fraction of sp³-hybridized carbons (Fsp3) is 0.429. The van der Waals surface area contributed by atoms with Crippen LogP contribution in [0.25, 0.3) is 10.8 Å². The molecule has 0 aromatic heterocycles. The van der Waals surface area contributed by atoms with Crippen LogP contribution in [0.3, 0.4) is 0 Å². The Labute approximate surface area is 165 Å². The van der Waals surface area contributed by atoms with E-state index in [0.29, 0.717) is 18.5 Å². The number of halogens is 1. The Morgan fingerprint density at radius 1 is 1.04 bits per heavy atom. The van der Waals surface area contributed by atoms with Crippen molar-refractivity contribution >= 4 is 35.0 Å². The highest BCUT2D eigenvalue weighted by molar-refractivity contribution is 5.91. The number of nitrogens with one attached hydrogen (secondary N) is 2. The highest BCUT2D eigenvalue weighted by Gasteiger charge is 2.30. The van der Waals surface area contributed by atoms with Crippen LogP contribution in [0.5, 0.6) is 0 Å². The Bertz CT molecular complexity index is 821. The van der Waals surface area contributed by atoms with Crippen LogP contribution in [0.4, 0.5) is 0 Å². The number of carbonyl (C=O) groups is 2. The number of carbonyl (C=O) groups excluding carboxylic acids is 2. The number of hydrogen-bond donors (Lipinski definition) is 2. The highest BCUT2D eigenvalue weighted by atomic mass is 35.5. The molecule has 27 heavy (non-hydrogen) atoms. The third-order valence-electron chi connectivity index (χ3n) is 5.54. The van der Waals surface area contributed by atoms with Gasteiger partial charge in [0.25, 0.3) is 0 Å². The zero-order chi connectivity index (χ0) is 17.9. The van der Waals surface area contributed by atoms with Crippen LogP contribution < -0.4 is 10.6 Å². The monoisotopic (exact) mass is 387 g/mol. The fourth-order valence-corrected chi connectivity index (χ4v) is 4.14. The first kappa shape index (κ1) is 19.6. The fourth-order valence-electron chi connectivity index (χ4n) is 4.14. The number of likely N-dealkylation sites (tertiary alicyclic amines) is 1. The molecule has 2 heterocycles. The largest absolute Gasteiger partial charge is 0.347 e. The first-order chi connectivity index (χ1) is 12.7. The molecule has 2 aliphatic heterocycles. The van der Waals surface area contributed by atoms with E-state index >= 15 is 0 Å². The second-order valence-electron chi connectivity index (χ2n) is 7.36. The third-order valence-corrected chi connectivity index (χ3v) is 5.54. The standard InChI is InChI=1S/C21H25N3O2.ClH/c25-20(12-16-6-3-5-15-4-1-2-7-19(15)16)22-13-21(26)24-11-10-17-8-9-18(14-24)23-17;/h1-7,17-18,23H,8-14H2,(H,22,25);1H. The molecule has 2 aliphatic rings. The van der Waals surface area contributed by atoms with Crippen molar-refractivity contribution in [2.45, 2.75) is 37.8 Å². The number of fused-ring (bicyclic) bond motifs is 3. The molecule has 0 saturated carbocycles. The first-order valence-electron chi connectivity index (χ1n) is 9.46. The lowest BCUT2D eigenvalue weighted by Crippen LogP contribution is -2.44. The second kappa shape index (κ2) is 8.72. The molecule has 5 nitrogen and oxygen atoms in total. The Hall–Kier alpha value is -2.11. The van der Waals surface area contributed by atoms with E-state index in [4.69, 9.17) is 0 Å². The lowest BCUT2D eigenvalue weighted by molar-refractivity contribution is -0.132. The second-order valence-corrected chi connectivity index (χ2v) is 7.36. The van der Waals surface area contributed by atoms with Gasteiger partial charge in [-0.2, -0.15) is 0 Å². The van der Waals surface area contributed by atoms with Crippen molar-refractivity contribution in [3.8, 4) is 0 Å². The van der Waals surface area contributed by atoms with Gasteiger partial charge in [-0.3, -0.25) is 9.59 Å². The molecule has 2 aromatic carbocycles. The number of hydrogen-bond acceptors (Lipinski definition) is 3. The van der Waals surface area contributed by atoms with Gasteiger partial charge < -0.3 is 15.5 Å². The molecule has 2 saturated heterocycles. The molecule has 2 atom stereocenters. The van der Waals surface area contributed by atoms with Crippen LogP contribution >= 0.6 is 12.4 Å². The lowest BCUT2D eigenvalue weighted by atomic mass is 10.0. The van der Waals surface area contributed by atoms with E-state index in [1.54, 1.807) is 0 Å². The van der Waals surface area contributed by atoms with E-state index in [1.165, 1.54) is 6.42 Å². The predicted octanol–water partition coefficient (Wildman–Crippen LogP) is 2.27. The van der Waals surface area contributed by atoms with E-state index in [0.717, 1.165) is 42.3 Å². The summed E-state index contributed by atoms with van der Waals surface area (Å²) in [6.45, 7) is 1.63. The average molecular weight is 388 g/mol. The molecule has 6 heteroatoms. The summed E-state index contributed by atoms with van der Waals surface area (Å²) in [4.78, 5) is 26.7. The summed E-state index contributed by atoms with van der Waals surface area (Å²) < 4.78 is 0. The summed E-state index contributed by atoms with van der Waals surface area (Å²) in [5, 5.41) is 8.59. The van der Waals surface area contributed by atoms with Gasteiger partial charge in [0.2, 0.25) is 11.8 Å². The van der Waals surface area contributed by atoms with Crippen molar-refractivity contribution in [3.05, 3.63) is 48.0 Å². The van der Waals surface area contributed by atoms with Gasteiger partial charge in [-0.1, -0.05) is 42.5 Å². The minimum absolute atomic E-state index is 0. The minimum Gasteiger partial charge on any atom is -0.347 e. The van der Waals surface area contributed by atoms with Gasteiger partial charge in [-0.25, -0.2) is 0 Å². The van der Waals surface area contributed by atoms with Crippen molar-refractivity contribution in [1.82, 2.24) is 15.5 Å². The molecule has 0 spiro atoms. The van der Waals surface area contributed by atoms with E-state index in [9.17, 15) is 9.59 Å². The minimum atomic E-state index is -0.107. The predicted molar refractivity (Wildman–Crippen MR) is 109 cm³/mol. The van der Waals surface area contributed by atoms with Gasteiger partial charge >= 0.3 is 0 Å². The first-order valence-corrected chi connectivity index (χ1v) is 9.46. The SMILES string of the molecule is Cl.O=C(Cc1cccc2ccccc12)NCC(=O)N1CCC2CCC(C1)N2. The van der Waals surface area contributed by atoms with Crippen LogP contribution in [0.15, 0.2) is 42.5 Å². The molecule has 144 valence electrons. The lowest BCUT2D eigenvalue weighted by Gasteiger charge is -2.24. The molecule has 2 N–H and O–H groups in total. The van der Waals surface area contributed by atoms with Crippen molar-refractivity contribution in [1.29, 1.82) is 0 Å². The highest BCUT2D eigenvalue weighted by Crippen LogP contribution is 2.20. The van der Waals surface area contributed by atoms with E-state index in [1.807, 2.05) is 47.4 Å². The molecule has 2 amide bonds. The van der Waals surface area contributed by atoms with Gasteiger partial charge in [0.05, 0.1) is 13.0 Å². The summed E-state index contributed by atoms with van der Waals surface area (Å²) in [5.74, 6) is -0.0882. The maximum atomic E-state index is 12.5. The summed E-state index contributed by atoms with van der Waals surface area (Å²) in [6.07, 6.45) is 3.66. The Morgan fingerprint density at radius 3 is 2.70 bits per heavy atom. The van der Waals surface area contributed by atoms with Crippen molar-refractivity contribution in [3.63, 3.8) is 0 Å². The Balaban J connectivity index is 0.00000210. The van der Waals surface area contributed by atoms with E-state index in [-0.39, 0.29) is 30.8 Å². The Morgan fingerprint density at radius 2 is 1.81 bits per heavy atom. The van der Waals surface area contributed by atoms with Crippen LogP contribution in [-0.4, -0.2) is 48.4 Å². The molecule has 2 unspecified atom stereocenters. The molecule has 2 fully saturated rings. The normalized spacial score (nSPS) is 21.4. The van der Waals surface area contributed by atoms with Gasteiger partial charge in [-0.15, -0.1) is 12.4 Å². The Kier molecular flexibility index (Phi) is 6.34. The number of rotatable bonds is 4. The molecule has 0 aliphatic carbocycles. The van der Waals surface area contributed by atoms with Crippen LogP contribution in [0.1, 0.15) is 24.8 Å². The van der Waals surface area contributed by atoms with Crippen molar-refractivity contribution < 1.29 is 9.59 Å². The van der Waals surface area contributed by atoms with Crippen molar-refractivity contribution in [2.24, 2.45) is 0 Å². The van der Waals surface area contributed by atoms with Gasteiger partial charge in [0, 0.05) is 25.2 Å². The van der Waals surface area contributed by atoms with Crippen LogP contribution in [-0.2, 0) is 16.0 Å². The van der Waals surface area contributed by atoms with Crippen molar-refractivity contribution in [2.75, 3.05) is 19.6 Å². The number of benzene rings is 2. The van der Waals surface area contributed by atoms with Gasteiger partial charge in [0.1, 0.15) is 0 Å². The summed E-state index contributed by atoms with van der Waals surface area (Å²) in [6, 6.07) is 15.0. The maximum absolute atomic E-state index is 12.5. The van der Waals surface area contributed by atoms with Gasteiger partial charge in [-0.05, 0) is 35.6 Å². The third kappa shape index (κ3) is 4.60. The molecular weight excluding hydrogens is 362 g/mol. The number of amides is 2. The van der Waals surface area contributed by atoms with Gasteiger partial charge in [0.15, 0.2) is 0 Å². The van der Waals surface area contributed by atoms with Crippen LogP contribution in [0, 0.1) is 0 Å². The van der Waals surface area contributed by atoms with E-state index in [2.05, 4.69) is 10.6 Å². The quantitative estimate of drug-likeness (QED) is 0.846. The summed E-state index contributed by atoms with van der Waals surface area (Å²) >= 11 is 0.